The minimum atomic E-state index is -0.558. The first-order chi connectivity index (χ1) is 10.0. The number of anilines is 2. The number of carbonyl (C=O) groups excluding carboxylic acids is 1. The Bertz CT molecular complexity index is 630. The van der Waals surface area contributed by atoms with Crippen molar-refractivity contribution in [2.24, 2.45) is 0 Å². The van der Waals surface area contributed by atoms with Gasteiger partial charge < -0.3 is 15.8 Å². The van der Waals surface area contributed by atoms with Crippen LogP contribution in [0.2, 0.25) is 0 Å². The number of nitrogens with two attached hydrogens (primary N) is 1. The van der Waals surface area contributed by atoms with Crippen molar-refractivity contribution < 1.29 is 18.3 Å². The fraction of sp³-hybridized carbons (Fsp3) is 0.133. The van der Waals surface area contributed by atoms with Crippen LogP contribution in [0.1, 0.15) is 6.42 Å². The third-order valence-electron chi connectivity index (χ3n) is 2.68. The molecule has 0 heterocycles. The summed E-state index contributed by atoms with van der Waals surface area (Å²) in [6.45, 7) is 0.0986. The Hall–Kier alpha value is -2.63. The molecule has 0 spiro atoms. The molecule has 0 aliphatic carbocycles. The number of halogens is 2. The lowest BCUT2D eigenvalue weighted by Gasteiger charge is -2.08. The molecule has 0 radical (unpaired) electrons. The van der Waals surface area contributed by atoms with Crippen LogP contribution in [-0.2, 0) is 4.79 Å². The Kier molecular flexibility index (Phi) is 4.71. The summed E-state index contributed by atoms with van der Waals surface area (Å²) in [6, 6.07) is 9.38. The largest absolute Gasteiger partial charge is 0.493 e. The van der Waals surface area contributed by atoms with Gasteiger partial charge in [0.15, 0.2) is 0 Å². The lowest BCUT2D eigenvalue weighted by molar-refractivity contribution is -0.116. The smallest absolute Gasteiger partial charge is 0.227 e. The first kappa shape index (κ1) is 14.8. The van der Waals surface area contributed by atoms with Gasteiger partial charge in [0.2, 0.25) is 5.91 Å². The number of carbonyl (C=O) groups is 1. The number of nitrogen functional groups attached to an aromatic ring is 1. The summed E-state index contributed by atoms with van der Waals surface area (Å²) in [5.41, 5.74) is 5.90. The molecule has 2 rings (SSSR count). The molecule has 3 N–H and O–H groups in total. The molecule has 0 aliphatic rings. The maximum atomic E-state index is 13.4. The van der Waals surface area contributed by atoms with Crippen LogP contribution in [-0.4, -0.2) is 12.5 Å². The van der Waals surface area contributed by atoms with Gasteiger partial charge in [-0.15, -0.1) is 0 Å². The molecule has 0 atom stereocenters. The highest BCUT2D eigenvalue weighted by molar-refractivity contribution is 5.91. The third kappa shape index (κ3) is 4.45. The van der Waals surface area contributed by atoms with Gasteiger partial charge in [0.25, 0.3) is 0 Å². The second kappa shape index (κ2) is 6.69. The predicted molar refractivity (Wildman–Crippen MR) is 76.0 cm³/mol. The first-order valence-electron chi connectivity index (χ1n) is 6.28. The molecule has 0 aromatic heterocycles. The number of rotatable bonds is 5. The zero-order chi connectivity index (χ0) is 15.2. The number of hydrogen-bond donors (Lipinski definition) is 2. The summed E-state index contributed by atoms with van der Waals surface area (Å²) < 4.78 is 31.4. The fourth-order valence-corrected chi connectivity index (χ4v) is 1.64. The molecule has 2 aromatic rings. The average Bonchev–Trinajstić information content (AvgIpc) is 2.45. The molecule has 2 aromatic carbocycles. The van der Waals surface area contributed by atoms with E-state index in [-0.39, 0.29) is 24.5 Å². The van der Waals surface area contributed by atoms with E-state index in [1.807, 2.05) is 0 Å². The van der Waals surface area contributed by atoms with E-state index >= 15 is 0 Å². The Morgan fingerprint density at radius 1 is 1.14 bits per heavy atom. The zero-order valence-corrected chi connectivity index (χ0v) is 11.1. The van der Waals surface area contributed by atoms with Crippen LogP contribution in [0, 0.1) is 11.6 Å². The number of ether oxygens (including phenoxy) is 1. The topological polar surface area (TPSA) is 64.3 Å². The SMILES string of the molecule is Nc1ccc(F)c(NC(=O)CCOc2ccc(F)cc2)c1. The minimum absolute atomic E-state index is 0.0294. The monoisotopic (exact) mass is 292 g/mol. The van der Waals surface area contributed by atoms with Crippen LogP contribution in [0.3, 0.4) is 0 Å². The van der Waals surface area contributed by atoms with E-state index in [4.69, 9.17) is 10.5 Å². The predicted octanol–water partition coefficient (Wildman–Crippen LogP) is 2.95. The van der Waals surface area contributed by atoms with Crippen LogP contribution < -0.4 is 15.8 Å². The Morgan fingerprint density at radius 2 is 1.86 bits per heavy atom. The van der Waals surface area contributed by atoms with Gasteiger partial charge in [0, 0.05) is 5.69 Å². The van der Waals surface area contributed by atoms with Crippen molar-refractivity contribution in [2.75, 3.05) is 17.7 Å². The maximum absolute atomic E-state index is 13.4. The highest BCUT2D eigenvalue weighted by atomic mass is 19.1. The van der Waals surface area contributed by atoms with Gasteiger partial charge in [0.05, 0.1) is 18.7 Å². The van der Waals surface area contributed by atoms with Gasteiger partial charge in [-0.3, -0.25) is 4.79 Å². The van der Waals surface area contributed by atoms with E-state index in [0.717, 1.165) is 0 Å². The highest BCUT2D eigenvalue weighted by Crippen LogP contribution is 2.17. The van der Waals surface area contributed by atoms with E-state index in [1.54, 1.807) is 0 Å². The Balaban J connectivity index is 1.82. The summed E-state index contributed by atoms with van der Waals surface area (Å²) in [5.74, 6) is -0.866. The molecule has 1 amide bonds. The Morgan fingerprint density at radius 3 is 2.57 bits per heavy atom. The summed E-state index contributed by atoms with van der Waals surface area (Å²) >= 11 is 0. The molecule has 0 saturated heterocycles. The van der Waals surface area contributed by atoms with Crippen LogP contribution in [0.15, 0.2) is 42.5 Å². The molecule has 0 aliphatic heterocycles. The van der Waals surface area contributed by atoms with E-state index in [9.17, 15) is 13.6 Å². The average molecular weight is 292 g/mol. The molecule has 4 nitrogen and oxygen atoms in total. The highest BCUT2D eigenvalue weighted by Gasteiger charge is 2.07. The van der Waals surface area contributed by atoms with Crippen molar-refractivity contribution in [2.45, 2.75) is 6.42 Å². The van der Waals surface area contributed by atoms with Gasteiger partial charge >= 0.3 is 0 Å². The number of benzene rings is 2. The molecule has 0 fully saturated rings. The second-order valence-corrected chi connectivity index (χ2v) is 4.34. The fourth-order valence-electron chi connectivity index (χ4n) is 1.64. The molecular formula is C15H14F2N2O2. The van der Waals surface area contributed by atoms with Crippen molar-refractivity contribution in [1.82, 2.24) is 0 Å². The Labute approximate surface area is 120 Å². The standard InChI is InChI=1S/C15H14F2N2O2/c16-10-1-4-12(5-2-10)21-8-7-15(20)19-14-9-11(18)3-6-13(14)17/h1-6,9H,7-8,18H2,(H,19,20). The molecule has 0 bridgehead atoms. The lowest BCUT2D eigenvalue weighted by Crippen LogP contribution is -2.16. The molecule has 110 valence electrons. The second-order valence-electron chi connectivity index (χ2n) is 4.34. The molecule has 0 unspecified atom stereocenters. The van der Waals surface area contributed by atoms with E-state index in [2.05, 4.69) is 5.32 Å². The van der Waals surface area contributed by atoms with Crippen molar-refractivity contribution >= 4 is 17.3 Å². The van der Waals surface area contributed by atoms with Gasteiger partial charge in [-0.2, -0.15) is 0 Å². The van der Waals surface area contributed by atoms with Crippen molar-refractivity contribution in [3.8, 4) is 5.75 Å². The third-order valence-corrected chi connectivity index (χ3v) is 2.68. The van der Waals surface area contributed by atoms with Gasteiger partial charge in [0.1, 0.15) is 17.4 Å². The molecular weight excluding hydrogens is 278 g/mol. The van der Waals surface area contributed by atoms with E-state index in [0.29, 0.717) is 11.4 Å². The summed E-state index contributed by atoms with van der Waals surface area (Å²) in [5, 5.41) is 2.41. The van der Waals surface area contributed by atoms with E-state index < -0.39 is 11.7 Å². The van der Waals surface area contributed by atoms with Crippen molar-refractivity contribution in [3.05, 3.63) is 54.1 Å². The lowest BCUT2D eigenvalue weighted by atomic mass is 10.2. The van der Waals surface area contributed by atoms with Crippen molar-refractivity contribution in [1.29, 1.82) is 0 Å². The molecule has 6 heteroatoms. The summed E-state index contributed by atoms with van der Waals surface area (Å²) in [4.78, 5) is 11.7. The normalized spacial score (nSPS) is 10.2. The van der Waals surface area contributed by atoms with Gasteiger partial charge in [-0.25, -0.2) is 8.78 Å². The molecule has 0 saturated carbocycles. The number of nitrogens with one attached hydrogen (secondary N) is 1. The number of amides is 1. The quantitative estimate of drug-likeness (QED) is 0.833. The minimum Gasteiger partial charge on any atom is -0.493 e. The summed E-state index contributed by atoms with van der Waals surface area (Å²) in [6.07, 6.45) is 0.0333. The maximum Gasteiger partial charge on any atom is 0.227 e. The number of hydrogen-bond acceptors (Lipinski definition) is 3. The zero-order valence-electron chi connectivity index (χ0n) is 11.1. The van der Waals surface area contributed by atoms with Crippen LogP contribution in [0.4, 0.5) is 20.2 Å². The van der Waals surface area contributed by atoms with Gasteiger partial charge in [-0.05, 0) is 42.5 Å². The van der Waals surface area contributed by atoms with E-state index in [1.165, 1.54) is 42.5 Å². The molecule has 21 heavy (non-hydrogen) atoms. The van der Waals surface area contributed by atoms with Crippen molar-refractivity contribution in [3.63, 3.8) is 0 Å². The van der Waals surface area contributed by atoms with Gasteiger partial charge in [-0.1, -0.05) is 0 Å². The van der Waals surface area contributed by atoms with Crippen LogP contribution in [0.5, 0.6) is 5.75 Å². The summed E-state index contributed by atoms with van der Waals surface area (Å²) in [7, 11) is 0. The van der Waals surface area contributed by atoms with Crippen LogP contribution in [0.25, 0.3) is 0 Å². The first-order valence-corrected chi connectivity index (χ1v) is 6.28. The van der Waals surface area contributed by atoms with Crippen LogP contribution >= 0.6 is 0 Å².